The number of Topliss-reactive ketones (excluding diaryl/α,β-unsaturated/α-hetero) is 1. The van der Waals surface area contributed by atoms with Crippen molar-refractivity contribution in [2.45, 2.75) is 50.7 Å². The highest BCUT2D eigenvalue weighted by Crippen LogP contribution is 2.60. The van der Waals surface area contributed by atoms with Crippen LogP contribution in [0, 0.1) is 11.3 Å². The SMILES string of the molecule is COC(=O)C12CC[C@H](C1=O)C(O)(C(=O)OC(C)C)C[C@H]2c1ccccc1. The Morgan fingerprint density at radius 3 is 2.38 bits per heavy atom. The monoisotopic (exact) mass is 360 g/mol. The van der Waals surface area contributed by atoms with Gasteiger partial charge in [0.1, 0.15) is 5.41 Å². The fourth-order valence-electron chi connectivity index (χ4n) is 4.52. The van der Waals surface area contributed by atoms with Crippen LogP contribution in [0.1, 0.15) is 44.6 Å². The first-order valence-electron chi connectivity index (χ1n) is 8.88. The Labute approximate surface area is 152 Å². The lowest BCUT2D eigenvalue weighted by molar-refractivity contribution is -0.187. The van der Waals surface area contributed by atoms with Crippen molar-refractivity contribution >= 4 is 17.7 Å². The molecule has 4 atom stereocenters. The van der Waals surface area contributed by atoms with Crippen LogP contribution in [0.4, 0.5) is 0 Å². The van der Waals surface area contributed by atoms with E-state index in [0.29, 0.717) is 0 Å². The molecule has 0 spiro atoms. The van der Waals surface area contributed by atoms with Crippen molar-refractivity contribution in [1.82, 2.24) is 0 Å². The quantitative estimate of drug-likeness (QED) is 0.652. The van der Waals surface area contributed by atoms with Gasteiger partial charge in [0.25, 0.3) is 0 Å². The Kier molecular flexibility index (Phi) is 4.65. The molecule has 1 aromatic carbocycles. The van der Waals surface area contributed by atoms with E-state index in [4.69, 9.17) is 9.47 Å². The van der Waals surface area contributed by atoms with E-state index in [-0.39, 0.29) is 19.3 Å². The average Bonchev–Trinajstić information content (AvgIpc) is 2.89. The number of ketones is 1. The molecule has 26 heavy (non-hydrogen) atoms. The molecule has 3 rings (SSSR count). The number of esters is 2. The van der Waals surface area contributed by atoms with Crippen molar-refractivity contribution < 1.29 is 29.0 Å². The van der Waals surface area contributed by atoms with Crippen LogP contribution < -0.4 is 0 Å². The van der Waals surface area contributed by atoms with E-state index in [1.807, 2.05) is 6.07 Å². The Bertz CT molecular complexity index is 727. The van der Waals surface area contributed by atoms with Gasteiger partial charge < -0.3 is 14.6 Å². The van der Waals surface area contributed by atoms with Crippen LogP contribution in [0.2, 0.25) is 0 Å². The summed E-state index contributed by atoms with van der Waals surface area (Å²) in [5, 5.41) is 11.2. The highest BCUT2D eigenvalue weighted by Gasteiger charge is 2.70. The van der Waals surface area contributed by atoms with Gasteiger partial charge in [0.05, 0.1) is 19.1 Å². The summed E-state index contributed by atoms with van der Waals surface area (Å²) in [5.74, 6) is -3.42. The summed E-state index contributed by atoms with van der Waals surface area (Å²) < 4.78 is 10.2. The number of benzene rings is 1. The summed E-state index contributed by atoms with van der Waals surface area (Å²) in [6.45, 7) is 3.38. The fraction of sp³-hybridized carbons (Fsp3) is 0.550. The molecule has 2 aliphatic rings. The van der Waals surface area contributed by atoms with E-state index < -0.39 is 46.7 Å². The first-order valence-corrected chi connectivity index (χ1v) is 8.88. The van der Waals surface area contributed by atoms with Gasteiger partial charge in [-0.3, -0.25) is 9.59 Å². The highest BCUT2D eigenvalue weighted by atomic mass is 16.6. The van der Waals surface area contributed by atoms with Crippen molar-refractivity contribution in [2.75, 3.05) is 7.11 Å². The number of carbonyl (C=O) groups is 3. The first kappa shape index (κ1) is 18.6. The molecule has 2 bridgehead atoms. The number of hydrogen-bond donors (Lipinski definition) is 1. The molecule has 1 aromatic rings. The predicted octanol–water partition coefficient (Wildman–Crippen LogP) is 2.00. The van der Waals surface area contributed by atoms with Crippen LogP contribution in [-0.2, 0) is 23.9 Å². The lowest BCUT2D eigenvalue weighted by atomic mass is 9.59. The van der Waals surface area contributed by atoms with Crippen molar-refractivity contribution in [3.63, 3.8) is 0 Å². The zero-order chi connectivity index (χ0) is 19.1. The highest BCUT2D eigenvalue weighted by molar-refractivity contribution is 6.10. The molecule has 2 aliphatic carbocycles. The minimum atomic E-state index is -1.93. The molecule has 6 nitrogen and oxygen atoms in total. The maximum Gasteiger partial charge on any atom is 0.339 e. The molecule has 0 amide bonds. The van der Waals surface area contributed by atoms with Crippen molar-refractivity contribution in [3.8, 4) is 0 Å². The molecule has 0 radical (unpaired) electrons. The van der Waals surface area contributed by atoms with Crippen molar-refractivity contribution in [3.05, 3.63) is 35.9 Å². The number of methoxy groups -OCH3 is 1. The molecule has 140 valence electrons. The normalized spacial score (nSPS) is 33.2. The molecule has 1 N–H and O–H groups in total. The molecule has 2 saturated carbocycles. The zero-order valence-electron chi connectivity index (χ0n) is 15.2. The van der Waals surface area contributed by atoms with E-state index in [2.05, 4.69) is 0 Å². The summed E-state index contributed by atoms with van der Waals surface area (Å²) in [6.07, 6.45) is 0.0418. The summed E-state index contributed by atoms with van der Waals surface area (Å²) in [6, 6.07) is 9.04. The number of ether oxygens (including phenoxy) is 2. The van der Waals surface area contributed by atoms with Gasteiger partial charge in [0, 0.05) is 5.92 Å². The molecule has 6 heteroatoms. The van der Waals surface area contributed by atoms with Gasteiger partial charge in [-0.25, -0.2) is 4.79 Å². The topological polar surface area (TPSA) is 89.9 Å². The maximum absolute atomic E-state index is 13.2. The van der Waals surface area contributed by atoms with Crippen LogP contribution >= 0.6 is 0 Å². The summed E-state index contributed by atoms with van der Waals surface area (Å²) in [5.41, 5.74) is -2.57. The summed E-state index contributed by atoms with van der Waals surface area (Å²) >= 11 is 0. The number of rotatable bonds is 4. The lowest BCUT2D eigenvalue weighted by Crippen LogP contribution is -2.59. The van der Waals surface area contributed by atoms with Crippen LogP contribution in [0.5, 0.6) is 0 Å². The third kappa shape index (κ3) is 2.55. The van der Waals surface area contributed by atoms with Crippen LogP contribution in [0.15, 0.2) is 30.3 Å². The fourth-order valence-corrected chi connectivity index (χ4v) is 4.52. The van der Waals surface area contributed by atoms with Crippen molar-refractivity contribution in [2.24, 2.45) is 11.3 Å². The van der Waals surface area contributed by atoms with E-state index in [9.17, 15) is 19.5 Å². The second kappa shape index (κ2) is 6.50. The van der Waals surface area contributed by atoms with Crippen molar-refractivity contribution in [1.29, 1.82) is 0 Å². The van der Waals surface area contributed by atoms with Gasteiger partial charge in [0.15, 0.2) is 11.4 Å². The van der Waals surface area contributed by atoms with Gasteiger partial charge in [-0.1, -0.05) is 30.3 Å². The molecule has 0 aliphatic heterocycles. The van der Waals surface area contributed by atoms with Crippen LogP contribution in [0.3, 0.4) is 0 Å². The second-order valence-corrected chi connectivity index (χ2v) is 7.46. The van der Waals surface area contributed by atoms with Gasteiger partial charge in [0.2, 0.25) is 0 Å². The standard InChI is InChI=1S/C20H24O6/c1-12(2)26-18(23)20(24)11-15(13-7-5-4-6-8-13)19(17(22)25-3)10-9-14(20)16(19)21/h4-8,12,14-15,24H,9-11H2,1-3H3/t14-,15+,19?,20?/m1/s1. The molecule has 0 aromatic heterocycles. The number of carbonyl (C=O) groups excluding carboxylic acids is 3. The molecule has 2 fully saturated rings. The maximum atomic E-state index is 13.2. The largest absolute Gasteiger partial charge is 0.468 e. The Morgan fingerprint density at radius 1 is 1.15 bits per heavy atom. The zero-order valence-corrected chi connectivity index (χ0v) is 15.2. The van der Waals surface area contributed by atoms with Gasteiger partial charge in [-0.15, -0.1) is 0 Å². The van der Waals surface area contributed by atoms with Crippen LogP contribution in [-0.4, -0.2) is 41.6 Å². The average molecular weight is 360 g/mol. The van der Waals surface area contributed by atoms with Gasteiger partial charge >= 0.3 is 11.9 Å². The number of aliphatic hydroxyl groups is 1. The third-order valence-corrected chi connectivity index (χ3v) is 5.72. The molecule has 0 saturated heterocycles. The third-order valence-electron chi connectivity index (χ3n) is 5.72. The minimum Gasteiger partial charge on any atom is -0.468 e. The molecular weight excluding hydrogens is 336 g/mol. The molecule has 0 heterocycles. The number of fused-ring (bicyclic) bond motifs is 2. The second-order valence-electron chi connectivity index (χ2n) is 7.46. The Balaban J connectivity index is 2.11. The Hall–Kier alpha value is -2.21. The summed E-state index contributed by atoms with van der Waals surface area (Å²) in [7, 11) is 1.26. The van der Waals surface area contributed by atoms with E-state index in [0.717, 1.165) is 5.56 Å². The number of hydrogen-bond acceptors (Lipinski definition) is 6. The summed E-state index contributed by atoms with van der Waals surface area (Å²) in [4.78, 5) is 38.5. The van der Waals surface area contributed by atoms with Gasteiger partial charge in [-0.05, 0) is 38.7 Å². The van der Waals surface area contributed by atoms with Crippen LogP contribution in [0.25, 0.3) is 0 Å². The first-order chi connectivity index (χ1) is 12.3. The minimum absolute atomic E-state index is 0.0475. The van der Waals surface area contributed by atoms with E-state index >= 15 is 0 Å². The lowest BCUT2D eigenvalue weighted by Gasteiger charge is -2.44. The smallest absolute Gasteiger partial charge is 0.339 e. The van der Waals surface area contributed by atoms with Gasteiger partial charge in [-0.2, -0.15) is 0 Å². The molecule has 2 unspecified atom stereocenters. The molecular formula is C20H24O6. The Morgan fingerprint density at radius 2 is 1.81 bits per heavy atom. The van der Waals surface area contributed by atoms with E-state index in [1.165, 1.54) is 7.11 Å². The predicted molar refractivity (Wildman–Crippen MR) is 92.2 cm³/mol. The van der Waals surface area contributed by atoms with E-state index in [1.54, 1.807) is 38.1 Å².